The van der Waals surface area contributed by atoms with E-state index in [0.717, 1.165) is 5.56 Å². The van der Waals surface area contributed by atoms with Crippen LogP contribution >= 0.6 is 0 Å². The van der Waals surface area contributed by atoms with Crippen LogP contribution in [0.15, 0.2) is 76.7 Å². The van der Waals surface area contributed by atoms with Gasteiger partial charge in [0.05, 0.1) is 11.4 Å². The van der Waals surface area contributed by atoms with Crippen LogP contribution in [-0.2, 0) is 4.84 Å². The number of rotatable bonds is 5. The minimum atomic E-state index is -0.351. The van der Waals surface area contributed by atoms with Gasteiger partial charge in [0.1, 0.15) is 17.9 Å². The van der Waals surface area contributed by atoms with Crippen molar-refractivity contribution in [2.75, 3.05) is 6.61 Å². The van der Waals surface area contributed by atoms with Crippen molar-refractivity contribution in [3.63, 3.8) is 0 Å². The first-order chi connectivity index (χ1) is 12.6. The Morgan fingerprint density at radius 1 is 1.08 bits per heavy atom. The number of benzene rings is 2. The van der Waals surface area contributed by atoms with Crippen molar-refractivity contribution in [1.29, 1.82) is 0 Å². The van der Waals surface area contributed by atoms with Gasteiger partial charge in [-0.3, -0.25) is 9.36 Å². The fourth-order valence-corrected chi connectivity index (χ4v) is 2.80. The summed E-state index contributed by atoms with van der Waals surface area (Å²) < 4.78 is 1.58. The van der Waals surface area contributed by atoms with E-state index in [1.807, 2.05) is 60.7 Å². The second kappa shape index (κ2) is 7.70. The Kier molecular flexibility index (Phi) is 5.17. The fourth-order valence-electron chi connectivity index (χ4n) is 2.80. The highest BCUT2D eigenvalue weighted by atomic mass is 16.6. The van der Waals surface area contributed by atoms with E-state index in [-0.39, 0.29) is 16.9 Å². The maximum atomic E-state index is 13.3. The molecule has 0 aliphatic carbocycles. The molecule has 5 nitrogen and oxygen atoms in total. The molecule has 0 aliphatic heterocycles. The molecule has 0 bridgehead atoms. The summed E-state index contributed by atoms with van der Waals surface area (Å²) in [4.78, 5) is 18.3. The molecule has 0 saturated carbocycles. The summed E-state index contributed by atoms with van der Waals surface area (Å²) in [7, 11) is 0. The van der Waals surface area contributed by atoms with E-state index < -0.39 is 0 Å². The predicted molar refractivity (Wildman–Crippen MR) is 103 cm³/mol. The van der Waals surface area contributed by atoms with E-state index in [0.29, 0.717) is 23.7 Å². The molecule has 0 aliphatic rings. The quantitative estimate of drug-likeness (QED) is 0.560. The molecule has 0 saturated heterocycles. The first-order valence-electron chi connectivity index (χ1n) is 8.40. The van der Waals surface area contributed by atoms with Crippen LogP contribution in [0.1, 0.15) is 19.4 Å². The third kappa shape index (κ3) is 3.37. The van der Waals surface area contributed by atoms with Crippen LogP contribution in [-0.4, -0.2) is 22.0 Å². The normalized spacial score (nSPS) is 11.4. The molecule has 0 amide bonds. The third-order valence-electron chi connectivity index (χ3n) is 3.96. The molecule has 0 spiro atoms. The number of aromatic nitrogens is 1. The molecule has 0 fully saturated rings. The number of pyridine rings is 1. The van der Waals surface area contributed by atoms with E-state index in [1.165, 1.54) is 0 Å². The molecule has 1 heterocycles. The number of hydrogen-bond donors (Lipinski definition) is 1. The van der Waals surface area contributed by atoms with Crippen molar-refractivity contribution >= 4 is 5.71 Å². The van der Waals surface area contributed by atoms with Crippen LogP contribution in [0.2, 0.25) is 0 Å². The molecule has 5 heteroatoms. The smallest absolute Gasteiger partial charge is 0.268 e. The lowest BCUT2D eigenvalue weighted by atomic mass is 10.1. The minimum Gasteiger partial charge on any atom is -0.507 e. The van der Waals surface area contributed by atoms with Crippen molar-refractivity contribution < 1.29 is 9.94 Å². The summed E-state index contributed by atoms with van der Waals surface area (Å²) in [6.45, 7) is 3.83. The van der Waals surface area contributed by atoms with Gasteiger partial charge in [-0.05, 0) is 31.5 Å². The van der Waals surface area contributed by atoms with Crippen LogP contribution in [0.3, 0.4) is 0 Å². The lowest BCUT2D eigenvalue weighted by molar-refractivity contribution is 0.159. The van der Waals surface area contributed by atoms with Crippen molar-refractivity contribution in [2.24, 2.45) is 5.16 Å². The monoisotopic (exact) mass is 348 g/mol. The lowest BCUT2D eigenvalue weighted by Gasteiger charge is -2.16. The molecule has 0 unspecified atom stereocenters. The van der Waals surface area contributed by atoms with Crippen LogP contribution < -0.4 is 5.56 Å². The second-order valence-corrected chi connectivity index (χ2v) is 5.73. The lowest BCUT2D eigenvalue weighted by Crippen LogP contribution is -2.26. The van der Waals surface area contributed by atoms with Crippen molar-refractivity contribution in [1.82, 2.24) is 4.57 Å². The van der Waals surface area contributed by atoms with Gasteiger partial charge in [-0.1, -0.05) is 53.7 Å². The molecule has 26 heavy (non-hydrogen) atoms. The molecule has 0 radical (unpaired) electrons. The zero-order valence-corrected chi connectivity index (χ0v) is 14.7. The first kappa shape index (κ1) is 17.5. The van der Waals surface area contributed by atoms with Crippen LogP contribution in [0, 0.1) is 0 Å². The molecular formula is C21H20N2O3. The topological polar surface area (TPSA) is 63.8 Å². The van der Waals surface area contributed by atoms with Gasteiger partial charge in [-0.2, -0.15) is 0 Å². The highest BCUT2D eigenvalue weighted by molar-refractivity contribution is 6.00. The number of hydrogen-bond acceptors (Lipinski definition) is 4. The van der Waals surface area contributed by atoms with Crippen LogP contribution in [0.5, 0.6) is 5.75 Å². The molecule has 0 atom stereocenters. The van der Waals surface area contributed by atoms with Crippen molar-refractivity contribution in [2.45, 2.75) is 13.8 Å². The van der Waals surface area contributed by atoms with E-state index in [2.05, 4.69) is 5.16 Å². The Morgan fingerprint density at radius 3 is 2.31 bits per heavy atom. The number of aromatic hydroxyl groups is 1. The number of para-hydroxylation sites is 1. The molecular weight excluding hydrogens is 328 g/mol. The molecule has 3 rings (SSSR count). The van der Waals surface area contributed by atoms with Crippen molar-refractivity contribution in [3.05, 3.63) is 82.6 Å². The van der Waals surface area contributed by atoms with Gasteiger partial charge in [0, 0.05) is 11.8 Å². The van der Waals surface area contributed by atoms with E-state index in [9.17, 15) is 9.90 Å². The summed E-state index contributed by atoms with van der Waals surface area (Å²) in [5.74, 6) is -0.123. The second-order valence-electron chi connectivity index (χ2n) is 5.73. The van der Waals surface area contributed by atoms with Gasteiger partial charge in [-0.15, -0.1) is 0 Å². The third-order valence-corrected chi connectivity index (χ3v) is 3.96. The minimum absolute atomic E-state index is 0.123. The highest BCUT2D eigenvalue weighted by Gasteiger charge is 2.19. The molecule has 132 valence electrons. The van der Waals surface area contributed by atoms with E-state index in [4.69, 9.17) is 4.84 Å². The Bertz CT molecular complexity index is 977. The van der Waals surface area contributed by atoms with Gasteiger partial charge in [0.2, 0.25) is 0 Å². The average Bonchev–Trinajstić information content (AvgIpc) is 2.67. The summed E-state index contributed by atoms with van der Waals surface area (Å²) in [6, 6.07) is 20.4. The summed E-state index contributed by atoms with van der Waals surface area (Å²) in [6.07, 6.45) is 0. The Balaban J connectivity index is 2.32. The highest BCUT2D eigenvalue weighted by Crippen LogP contribution is 2.27. The summed E-state index contributed by atoms with van der Waals surface area (Å²) in [5.41, 5.74) is 2.25. The number of nitrogens with zero attached hydrogens (tertiary/aromatic N) is 2. The number of oxime groups is 1. The molecule has 2 aromatic carbocycles. The van der Waals surface area contributed by atoms with Gasteiger partial charge in [-0.25, -0.2) is 0 Å². The van der Waals surface area contributed by atoms with Crippen molar-refractivity contribution in [3.8, 4) is 22.7 Å². The Hall–Kier alpha value is -3.34. The molecule has 1 aromatic heterocycles. The van der Waals surface area contributed by atoms with Crippen LogP contribution in [0.4, 0.5) is 0 Å². The van der Waals surface area contributed by atoms with Gasteiger partial charge >= 0.3 is 0 Å². The predicted octanol–water partition coefficient (Wildman–Crippen LogP) is 3.97. The molecule has 3 aromatic rings. The maximum Gasteiger partial charge on any atom is 0.268 e. The zero-order valence-electron chi connectivity index (χ0n) is 14.7. The summed E-state index contributed by atoms with van der Waals surface area (Å²) >= 11 is 0. The standard InChI is InChI=1S/C21H20N2O3/c1-3-26-22-15(2)20-19(24)14-18(16-10-6-4-7-11-16)23(21(20)25)17-12-8-5-9-13-17/h4-14,24H,3H2,1-2H3/b22-15-. The fraction of sp³-hybridized carbons (Fsp3) is 0.143. The Morgan fingerprint density at radius 2 is 1.69 bits per heavy atom. The van der Waals surface area contributed by atoms with Gasteiger partial charge in [0.15, 0.2) is 0 Å². The van der Waals surface area contributed by atoms with Crippen LogP contribution in [0.25, 0.3) is 16.9 Å². The van der Waals surface area contributed by atoms with Gasteiger partial charge < -0.3 is 9.94 Å². The summed E-state index contributed by atoms with van der Waals surface area (Å²) in [5, 5.41) is 14.4. The zero-order chi connectivity index (χ0) is 18.5. The average molecular weight is 348 g/mol. The molecule has 1 N–H and O–H groups in total. The van der Waals surface area contributed by atoms with E-state index >= 15 is 0 Å². The van der Waals surface area contributed by atoms with Gasteiger partial charge in [0.25, 0.3) is 5.56 Å². The first-order valence-corrected chi connectivity index (χ1v) is 8.40. The SMILES string of the molecule is CCO/N=C(/C)c1c(O)cc(-c2ccccc2)n(-c2ccccc2)c1=O. The van der Waals surface area contributed by atoms with E-state index in [1.54, 1.807) is 24.5 Å². The Labute approximate surface area is 151 Å². The maximum absolute atomic E-state index is 13.3. The largest absolute Gasteiger partial charge is 0.507 e.